The highest BCUT2D eigenvalue weighted by molar-refractivity contribution is 6.01. The molecule has 140 valence electrons. The van der Waals surface area contributed by atoms with Crippen LogP contribution >= 0.6 is 0 Å². The van der Waals surface area contributed by atoms with Gasteiger partial charge in [-0.25, -0.2) is 4.79 Å². The number of Topliss-reactive ketones (excluding diaryl/α,β-unsaturated/α-hetero) is 1. The van der Waals surface area contributed by atoms with Crippen LogP contribution in [0.4, 0.5) is 4.79 Å². The van der Waals surface area contributed by atoms with E-state index in [9.17, 15) is 14.4 Å². The van der Waals surface area contributed by atoms with Crippen molar-refractivity contribution in [3.63, 3.8) is 0 Å². The van der Waals surface area contributed by atoms with Gasteiger partial charge >= 0.3 is 12.1 Å². The summed E-state index contributed by atoms with van der Waals surface area (Å²) >= 11 is 0. The van der Waals surface area contributed by atoms with Crippen molar-refractivity contribution in [3.8, 4) is 0 Å². The van der Waals surface area contributed by atoms with Crippen LogP contribution in [0.25, 0.3) is 11.0 Å². The normalized spacial score (nSPS) is 11.2. The molecule has 2 rings (SSSR count). The third-order valence-corrected chi connectivity index (χ3v) is 3.46. The Morgan fingerprint density at radius 3 is 2.50 bits per heavy atom. The fourth-order valence-corrected chi connectivity index (χ4v) is 2.30. The minimum atomic E-state index is -0.612. The van der Waals surface area contributed by atoms with Crippen molar-refractivity contribution in [2.75, 3.05) is 13.2 Å². The summed E-state index contributed by atoms with van der Waals surface area (Å²) in [6.45, 7) is 6.66. The second-order valence-electron chi connectivity index (χ2n) is 6.81. The fraction of sp³-hybridized carbons (Fsp3) is 0.421. The topological polar surface area (TPSA) is 94.8 Å². The first kappa shape index (κ1) is 19.5. The summed E-state index contributed by atoms with van der Waals surface area (Å²) in [5, 5.41) is 3.30. The molecule has 0 aliphatic rings. The number of alkyl carbamates (subject to hydrolysis) is 1. The smallest absolute Gasteiger partial charge is 0.407 e. The van der Waals surface area contributed by atoms with Gasteiger partial charge in [-0.1, -0.05) is 18.2 Å². The van der Waals surface area contributed by atoms with Crippen LogP contribution in [0.15, 0.2) is 28.7 Å². The first-order chi connectivity index (χ1) is 12.2. The standard InChI is InChI=1S/C19H23NO6/c1-12-13-7-5-6-8-15(13)25-17(12)14(21)11-24-16(22)9-10-20-18(23)26-19(2,3)4/h5-8H,9-11H2,1-4H3,(H,20,23). The summed E-state index contributed by atoms with van der Waals surface area (Å²) in [5.74, 6) is -0.818. The van der Waals surface area contributed by atoms with Crippen molar-refractivity contribution in [2.45, 2.75) is 39.7 Å². The highest BCUT2D eigenvalue weighted by atomic mass is 16.6. The number of carbonyl (C=O) groups is 3. The number of para-hydroxylation sites is 1. The molecule has 26 heavy (non-hydrogen) atoms. The van der Waals surface area contributed by atoms with Crippen LogP contribution in [0.3, 0.4) is 0 Å². The van der Waals surface area contributed by atoms with Gasteiger partial charge in [-0.15, -0.1) is 0 Å². The maximum absolute atomic E-state index is 12.2. The van der Waals surface area contributed by atoms with Crippen molar-refractivity contribution < 1.29 is 28.3 Å². The summed E-state index contributed by atoms with van der Waals surface area (Å²) < 4.78 is 15.5. The van der Waals surface area contributed by atoms with E-state index < -0.39 is 30.1 Å². The molecule has 0 aliphatic heterocycles. The maximum atomic E-state index is 12.2. The average molecular weight is 361 g/mol. The van der Waals surface area contributed by atoms with Crippen LogP contribution in [0.5, 0.6) is 0 Å². The Labute approximate surface area is 151 Å². The van der Waals surface area contributed by atoms with Gasteiger partial charge in [0.25, 0.3) is 0 Å². The minimum absolute atomic E-state index is 0.0611. The number of amides is 1. The van der Waals surface area contributed by atoms with Crippen molar-refractivity contribution >= 4 is 28.8 Å². The molecule has 2 aromatic rings. The summed E-state index contributed by atoms with van der Waals surface area (Å²) in [5.41, 5.74) is 0.719. The van der Waals surface area contributed by atoms with Gasteiger partial charge in [0, 0.05) is 17.5 Å². The Morgan fingerprint density at radius 2 is 1.85 bits per heavy atom. The lowest BCUT2D eigenvalue weighted by Gasteiger charge is -2.19. The van der Waals surface area contributed by atoms with Crippen LogP contribution in [0.1, 0.15) is 43.3 Å². The van der Waals surface area contributed by atoms with Gasteiger partial charge in [-0.05, 0) is 33.8 Å². The molecule has 0 saturated carbocycles. The molecule has 7 heteroatoms. The highest BCUT2D eigenvalue weighted by Crippen LogP contribution is 2.25. The second-order valence-corrected chi connectivity index (χ2v) is 6.81. The van der Waals surface area contributed by atoms with Gasteiger partial charge in [0.2, 0.25) is 5.78 Å². The molecule has 0 atom stereocenters. The van der Waals surface area contributed by atoms with Crippen molar-refractivity contribution in [1.82, 2.24) is 5.32 Å². The van der Waals surface area contributed by atoms with Gasteiger partial charge in [-0.3, -0.25) is 9.59 Å². The SMILES string of the molecule is Cc1c(C(=O)COC(=O)CCNC(=O)OC(C)(C)C)oc2ccccc12. The number of nitrogens with one attached hydrogen (secondary N) is 1. The number of carbonyl (C=O) groups excluding carboxylic acids is 3. The van der Waals surface area contributed by atoms with Crippen molar-refractivity contribution in [1.29, 1.82) is 0 Å². The van der Waals surface area contributed by atoms with E-state index in [0.717, 1.165) is 5.39 Å². The van der Waals surface area contributed by atoms with Crippen LogP contribution in [-0.2, 0) is 14.3 Å². The predicted molar refractivity (Wildman–Crippen MR) is 95.1 cm³/mol. The lowest BCUT2D eigenvalue weighted by molar-refractivity contribution is -0.142. The molecule has 0 aliphatic carbocycles. The Morgan fingerprint density at radius 1 is 1.15 bits per heavy atom. The molecule has 0 radical (unpaired) electrons. The minimum Gasteiger partial charge on any atom is -0.457 e. The van der Waals surface area contributed by atoms with Crippen LogP contribution in [-0.4, -0.2) is 36.6 Å². The van der Waals surface area contributed by atoms with Crippen LogP contribution in [0, 0.1) is 6.92 Å². The molecule has 1 aromatic heterocycles. The van der Waals surface area contributed by atoms with E-state index in [-0.39, 0.29) is 18.7 Å². The molecule has 1 N–H and O–H groups in total. The van der Waals surface area contributed by atoms with Gasteiger partial charge in [0.1, 0.15) is 11.2 Å². The largest absolute Gasteiger partial charge is 0.457 e. The predicted octanol–water partition coefficient (Wildman–Crippen LogP) is 3.38. The molecule has 0 unspecified atom stereocenters. The number of aryl methyl sites for hydroxylation is 1. The Balaban J connectivity index is 1.79. The van der Waals surface area contributed by atoms with E-state index in [0.29, 0.717) is 11.1 Å². The van der Waals surface area contributed by atoms with E-state index >= 15 is 0 Å². The molecule has 0 saturated heterocycles. The van der Waals surface area contributed by atoms with Gasteiger partial charge in [0.05, 0.1) is 6.42 Å². The lowest BCUT2D eigenvalue weighted by atomic mass is 10.1. The molecular formula is C19H23NO6. The van der Waals surface area contributed by atoms with E-state index in [1.165, 1.54) is 0 Å². The molecule has 0 fully saturated rings. The molecular weight excluding hydrogens is 338 g/mol. The van der Waals surface area contributed by atoms with Gasteiger partial charge in [-0.2, -0.15) is 0 Å². The number of hydrogen-bond donors (Lipinski definition) is 1. The maximum Gasteiger partial charge on any atom is 0.407 e. The van der Waals surface area contributed by atoms with E-state index in [4.69, 9.17) is 13.9 Å². The van der Waals surface area contributed by atoms with E-state index in [2.05, 4.69) is 5.32 Å². The van der Waals surface area contributed by atoms with Crippen LogP contribution in [0.2, 0.25) is 0 Å². The number of ether oxygens (including phenoxy) is 2. The zero-order valence-electron chi connectivity index (χ0n) is 15.4. The highest BCUT2D eigenvalue weighted by Gasteiger charge is 2.19. The average Bonchev–Trinajstić information content (AvgIpc) is 2.88. The monoisotopic (exact) mass is 361 g/mol. The van der Waals surface area contributed by atoms with E-state index in [1.54, 1.807) is 33.8 Å². The number of furan rings is 1. The van der Waals surface area contributed by atoms with E-state index in [1.807, 2.05) is 18.2 Å². The molecule has 1 heterocycles. The fourth-order valence-electron chi connectivity index (χ4n) is 2.30. The number of benzene rings is 1. The summed E-state index contributed by atoms with van der Waals surface area (Å²) in [4.78, 5) is 35.4. The first-order valence-electron chi connectivity index (χ1n) is 8.31. The summed E-state index contributed by atoms with van der Waals surface area (Å²) in [6.07, 6.45) is -0.676. The number of rotatable bonds is 6. The second kappa shape index (κ2) is 8.03. The molecule has 1 aromatic carbocycles. The van der Waals surface area contributed by atoms with Gasteiger partial charge in [0.15, 0.2) is 12.4 Å². The number of esters is 1. The third kappa shape index (κ3) is 5.34. The van der Waals surface area contributed by atoms with Crippen molar-refractivity contribution in [3.05, 3.63) is 35.6 Å². The molecule has 0 spiro atoms. The van der Waals surface area contributed by atoms with Gasteiger partial charge < -0.3 is 19.2 Å². The summed E-state index contributed by atoms with van der Waals surface area (Å²) in [7, 11) is 0. The van der Waals surface area contributed by atoms with Crippen LogP contribution < -0.4 is 5.32 Å². The Hall–Kier alpha value is -2.83. The van der Waals surface area contributed by atoms with Crippen molar-refractivity contribution in [2.24, 2.45) is 0 Å². The lowest BCUT2D eigenvalue weighted by Crippen LogP contribution is -2.33. The quantitative estimate of drug-likeness (QED) is 0.626. The summed E-state index contributed by atoms with van der Waals surface area (Å²) in [6, 6.07) is 7.31. The number of fused-ring (bicyclic) bond motifs is 1. The Bertz CT molecular complexity index is 815. The molecule has 1 amide bonds. The number of hydrogen-bond acceptors (Lipinski definition) is 6. The molecule has 7 nitrogen and oxygen atoms in total. The third-order valence-electron chi connectivity index (χ3n) is 3.46. The zero-order valence-corrected chi connectivity index (χ0v) is 15.4. The first-order valence-corrected chi connectivity index (χ1v) is 8.31. The number of ketones is 1. The zero-order chi connectivity index (χ0) is 19.3. The Kier molecular flexibility index (Phi) is 6.02. The molecule has 0 bridgehead atoms.